The van der Waals surface area contributed by atoms with Crippen molar-refractivity contribution in [3.05, 3.63) is 18.2 Å². The monoisotopic (exact) mass is 249 g/mol. The Hall–Kier alpha value is -1.75. The van der Waals surface area contributed by atoms with Gasteiger partial charge >= 0.3 is 0 Å². The van der Waals surface area contributed by atoms with Crippen LogP contribution >= 0.6 is 0 Å². The maximum Gasteiger partial charge on any atom is 0.227 e. The Balaban J connectivity index is 1.86. The van der Waals surface area contributed by atoms with Crippen molar-refractivity contribution in [2.45, 2.75) is 6.42 Å². The quantitative estimate of drug-likeness (QED) is 0.842. The second kappa shape index (κ2) is 4.49. The number of carbonyl (C=O) groups is 1. The molecule has 0 aromatic heterocycles. The number of hydrogen-bond donors (Lipinski definition) is 1. The van der Waals surface area contributed by atoms with E-state index in [1.165, 1.54) is 0 Å². The third kappa shape index (κ3) is 1.90. The first-order valence-corrected chi connectivity index (χ1v) is 6.09. The molecule has 1 saturated heterocycles. The van der Waals surface area contributed by atoms with Gasteiger partial charge in [-0.3, -0.25) is 4.79 Å². The van der Waals surface area contributed by atoms with Crippen molar-refractivity contribution in [3.63, 3.8) is 0 Å². The minimum atomic E-state index is 0.0331. The average molecular weight is 249 g/mol. The molecule has 1 aromatic carbocycles. The lowest BCUT2D eigenvalue weighted by atomic mass is 10.1. The topological polar surface area (TPSA) is 59.0 Å². The van der Waals surface area contributed by atoms with Crippen molar-refractivity contribution in [2.24, 2.45) is 5.92 Å². The first kappa shape index (κ1) is 11.3. The van der Waals surface area contributed by atoms with Gasteiger partial charge in [0, 0.05) is 37.2 Å². The molecule has 1 N–H and O–H groups in total. The van der Waals surface area contributed by atoms with Crippen LogP contribution in [-0.2, 0) is 4.79 Å². The van der Waals surface area contributed by atoms with Gasteiger partial charge in [-0.1, -0.05) is 0 Å². The van der Waals surface area contributed by atoms with Crippen LogP contribution in [0.15, 0.2) is 18.2 Å². The molecule has 1 unspecified atom stereocenters. The molecule has 2 aliphatic heterocycles. The molecular formula is C13H15NO4. The van der Waals surface area contributed by atoms with Crippen LogP contribution in [0.2, 0.25) is 0 Å². The van der Waals surface area contributed by atoms with Crippen LogP contribution in [0, 0.1) is 5.92 Å². The van der Waals surface area contributed by atoms with E-state index in [1.54, 1.807) is 4.90 Å². The van der Waals surface area contributed by atoms with Gasteiger partial charge in [-0.25, -0.2) is 0 Å². The number of aliphatic hydroxyl groups is 1. The van der Waals surface area contributed by atoms with Crippen molar-refractivity contribution in [3.8, 4) is 11.5 Å². The molecule has 5 heteroatoms. The lowest BCUT2D eigenvalue weighted by Gasteiger charge is -2.22. The number of aliphatic hydroxyl groups excluding tert-OH is 1. The summed E-state index contributed by atoms with van der Waals surface area (Å²) in [5.74, 6) is 1.48. The Morgan fingerprint density at radius 2 is 2.06 bits per heavy atom. The Kier molecular flexibility index (Phi) is 2.83. The summed E-state index contributed by atoms with van der Waals surface area (Å²) < 4.78 is 10.9. The highest BCUT2D eigenvalue weighted by molar-refractivity contribution is 5.96. The zero-order chi connectivity index (χ0) is 12.5. The highest BCUT2D eigenvalue weighted by Gasteiger charge is 2.30. The first-order chi connectivity index (χ1) is 8.78. The number of anilines is 1. The number of fused-ring (bicyclic) bond motifs is 1. The molecule has 0 bridgehead atoms. The average Bonchev–Trinajstić information content (AvgIpc) is 2.79. The van der Waals surface area contributed by atoms with E-state index < -0.39 is 0 Å². The van der Waals surface area contributed by atoms with E-state index in [2.05, 4.69) is 0 Å². The molecular weight excluding hydrogens is 234 g/mol. The maximum atomic E-state index is 11.9. The third-order valence-corrected chi connectivity index (χ3v) is 3.30. The van der Waals surface area contributed by atoms with Crippen molar-refractivity contribution < 1.29 is 19.4 Å². The molecule has 2 heterocycles. The Morgan fingerprint density at radius 3 is 2.78 bits per heavy atom. The van der Waals surface area contributed by atoms with Gasteiger partial charge in [-0.2, -0.15) is 0 Å². The zero-order valence-electron chi connectivity index (χ0n) is 9.96. The third-order valence-electron chi connectivity index (χ3n) is 3.30. The molecule has 1 aromatic rings. The second-order valence-electron chi connectivity index (χ2n) is 4.59. The van der Waals surface area contributed by atoms with Gasteiger partial charge in [0.1, 0.15) is 13.2 Å². The van der Waals surface area contributed by atoms with Crippen LogP contribution < -0.4 is 14.4 Å². The summed E-state index contributed by atoms with van der Waals surface area (Å²) in [4.78, 5) is 13.5. The van der Waals surface area contributed by atoms with Gasteiger partial charge in [0.15, 0.2) is 11.5 Å². The number of nitrogens with zero attached hydrogens (tertiary/aromatic N) is 1. The summed E-state index contributed by atoms with van der Waals surface area (Å²) in [6, 6.07) is 5.50. The Bertz CT molecular complexity index is 474. The van der Waals surface area contributed by atoms with E-state index in [0.717, 1.165) is 11.4 Å². The predicted octanol–water partition coefficient (Wildman–Crippen LogP) is 0.803. The van der Waals surface area contributed by atoms with Gasteiger partial charge in [-0.15, -0.1) is 0 Å². The number of benzene rings is 1. The lowest BCUT2D eigenvalue weighted by molar-refractivity contribution is -0.117. The highest BCUT2D eigenvalue weighted by Crippen LogP contribution is 2.35. The van der Waals surface area contributed by atoms with Crippen LogP contribution in [0.25, 0.3) is 0 Å². The molecule has 0 saturated carbocycles. The minimum Gasteiger partial charge on any atom is -0.486 e. The summed E-state index contributed by atoms with van der Waals surface area (Å²) in [6.07, 6.45) is 0.408. The molecule has 2 aliphatic rings. The van der Waals surface area contributed by atoms with Gasteiger partial charge in [0.2, 0.25) is 5.91 Å². The first-order valence-electron chi connectivity index (χ1n) is 6.09. The summed E-state index contributed by atoms with van der Waals surface area (Å²) in [5, 5.41) is 9.12. The van der Waals surface area contributed by atoms with Crippen molar-refractivity contribution in [2.75, 3.05) is 31.3 Å². The van der Waals surface area contributed by atoms with Crippen LogP contribution in [0.1, 0.15) is 6.42 Å². The van der Waals surface area contributed by atoms with E-state index in [-0.39, 0.29) is 18.4 Å². The SMILES string of the molecule is O=C1CC(CO)CN1c1ccc2c(c1)OCCO2. The molecule has 1 atom stereocenters. The molecule has 3 rings (SSSR count). The van der Waals surface area contributed by atoms with E-state index in [4.69, 9.17) is 14.6 Å². The van der Waals surface area contributed by atoms with Crippen LogP contribution in [0.3, 0.4) is 0 Å². The van der Waals surface area contributed by atoms with E-state index in [1.807, 2.05) is 18.2 Å². The highest BCUT2D eigenvalue weighted by atomic mass is 16.6. The fourth-order valence-electron chi connectivity index (χ4n) is 2.35. The molecule has 5 nitrogen and oxygen atoms in total. The fraction of sp³-hybridized carbons (Fsp3) is 0.462. The molecule has 96 valence electrons. The molecule has 0 radical (unpaired) electrons. The fourth-order valence-corrected chi connectivity index (χ4v) is 2.35. The summed E-state index contributed by atoms with van der Waals surface area (Å²) >= 11 is 0. The van der Waals surface area contributed by atoms with Crippen molar-refractivity contribution in [1.82, 2.24) is 0 Å². The second-order valence-corrected chi connectivity index (χ2v) is 4.59. The van der Waals surface area contributed by atoms with Gasteiger partial charge in [0.05, 0.1) is 0 Å². The van der Waals surface area contributed by atoms with Gasteiger partial charge in [-0.05, 0) is 12.1 Å². The van der Waals surface area contributed by atoms with Crippen LogP contribution in [0.5, 0.6) is 11.5 Å². The smallest absolute Gasteiger partial charge is 0.227 e. The predicted molar refractivity (Wildman–Crippen MR) is 65.0 cm³/mol. The number of carbonyl (C=O) groups excluding carboxylic acids is 1. The standard InChI is InChI=1S/C13H15NO4/c15-8-9-5-13(16)14(7-9)10-1-2-11-12(6-10)18-4-3-17-11/h1-2,6,9,15H,3-5,7-8H2. The van der Waals surface area contributed by atoms with Crippen molar-refractivity contribution >= 4 is 11.6 Å². The van der Waals surface area contributed by atoms with Gasteiger partial charge in [0.25, 0.3) is 0 Å². The van der Waals surface area contributed by atoms with Gasteiger partial charge < -0.3 is 19.5 Å². The summed E-state index contributed by atoms with van der Waals surface area (Å²) in [6.45, 7) is 1.70. The normalized spacial score (nSPS) is 22.4. The van der Waals surface area contributed by atoms with E-state index in [0.29, 0.717) is 31.9 Å². The maximum absolute atomic E-state index is 11.9. The Labute approximate surface area is 105 Å². The van der Waals surface area contributed by atoms with Crippen LogP contribution in [-0.4, -0.2) is 37.4 Å². The lowest BCUT2D eigenvalue weighted by Crippen LogP contribution is -2.25. The summed E-state index contributed by atoms with van der Waals surface area (Å²) in [5.41, 5.74) is 0.806. The minimum absolute atomic E-state index is 0.0331. The molecule has 0 aliphatic carbocycles. The number of rotatable bonds is 2. The largest absolute Gasteiger partial charge is 0.486 e. The number of amides is 1. The molecule has 1 amide bonds. The van der Waals surface area contributed by atoms with E-state index >= 15 is 0 Å². The summed E-state index contributed by atoms with van der Waals surface area (Å²) in [7, 11) is 0. The number of ether oxygens (including phenoxy) is 2. The van der Waals surface area contributed by atoms with E-state index in [9.17, 15) is 4.79 Å². The molecule has 1 fully saturated rings. The molecule has 0 spiro atoms. The Morgan fingerprint density at radius 1 is 1.28 bits per heavy atom. The number of hydrogen-bond acceptors (Lipinski definition) is 4. The molecule has 18 heavy (non-hydrogen) atoms. The van der Waals surface area contributed by atoms with Crippen molar-refractivity contribution in [1.29, 1.82) is 0 Å². The zero-order valence-corrected chi connectivity index (χ0v) is 9.96. The van der Waals surface area contributed by atoms with Crippen LogP contribution in [0.4, 0.5) is 5.69 Å².